The van der Waals surface area contributed by atoms with E-state index in [9.17, 15) is 8.78 Å². The van der Waals surface area contributed by atoms with Crippen molar-refractivity contribution in [2.24, 2.45) is 0 Å². The Morgan fingerprint density at radius 1 is 1.46 bits per heavy atom. The first kappa shape index (κ1) is 10.8. The number of ether oxygens (including phenoxy) is 1. The Bertz CT molecular complexity index is 320. The number of aromatic nitrogens is 1. The molecule has 0 aliphatic carbocycles. The number of hydrogen-bond donors (Lipinski definition) is 0. The molecule has 0 aliphatic rings. The Morgan fingerprint density at radius 2 is 2.08 bits per heavy atom. The van der Waals surface area contributed by atoms with Crippen molar-refractivity contribution in [3.05, 3.63) is 20.8 Å². The molecule has 0 saturated carbocycles. The molecule has 6 heteroatoms. The van der Waals surface area contributed by atoms with Crippen LogP contribution in [-0.4, -0.2) is 12.1 Å². The summed E-state index contributed by atoms with van der Waals surface area (Å²) in [5.41, 5.74) is -0.363. The fourth-order valence-electron chi connectivity index (χ4n) is 0.783. The lowest BCUT2D eigenvalue weighted by Crippen LogP contribution is -1.97. The summed E-state index contributed by atoms with van der Waals surface area (Å²) in [7, 11) is 1.32. The van der Waals surface area contributed by atoms with E-state index >= 15 is 0 Å². The van der Waals surface area contributed by atoms with E-state index in [4.69, 9.17) is 4.74 Å². The van der Waals surface area contributed by atoms with Gasteiger partial charge in [0.15, 0.2) is 0 Å². The number of nitrogens with zero attached hydrogens (tertiary/aromatic N) is 1. The van der Waals surface area contributed by atoms with Crippen LogP contribution in [0.3, 0.4) is 0 Å². The molecule has 0 aromatic carbocycles. The minimum Gasteiger partial charge on any atom is -0.495 e. The molecule has 1 aromatic heterocycles. The van der Waals surface area contributed by atoms with Crippen molar-refractivity contribution in [2.75, 3.05) is 7.11 Å². The standard InChI is InChI=1S/C7H5Br2F2NO/c1-13-4-2-3(8)6(9)12-5(4)7(10)11/h2,7H,1H3. The van der Waals surface area contributed by atoms with Crippen LogP contribution >= 0.6 is 31.9 Å². The highest BCUT2D eigenvalue weighted by Gasteiger charge is 2.17. The molecule has 0 atom stereocenters. The first-order chi connectivity index (χ1) is 6.06. The maximum Gasteiger partial charge on any atom is 0.284 e. The van der Waals surface area contributed by atoms with Gasteiger partial charge in [-0.05, 0) is 37.9 Å². The topological polar surface area (TPSA) is 22.1 Å². The summed E-state index contributed by atoms with van der Waals surface area (Å²) < 4.78 is 30.4. The molecule has 0 N–H and O–H groups in total. The van der Waals surface area contributed by atoms with Crippen molar-refractivity contribution in [1.82, 2.24) is 4.98 Å². The maximum absolute atomic E-state index is 12.3. The molecule has 1 aromatic rings. The molecule has 72 valence electrons. The second-order valence-corrected chi connectivity index (χ2v) is 3.75. The normalized spacial score (nSPS) is 10.6. The van der Waals surface area contributed by atoms with E-state index in [0.29, 0.717) is 9.08 Å². The van der Waals surface area contributed by atoms with E-state index in [1.54, 1.807) is 0 Å². The van der Waals surface area contributed by atoms with Gasteiger partial charge in [0, 0.05) is 0 Å². The van der Waals surface area contributed by atoms with Crippen molar-refractivity contribution in [3.8, 4) is 5.75 Å². The zero-order chi connectivity index (χ0) is 10.0. The molecule has 1 heterocycles. The van der Waals surface area contributed by atoms with Crippen LogP contribution in [0.4, 0.5) is 8.78 Å². The Balaban J connectivity index is 3.25. The third-order valence-corrected chi connectivity index (χ3v) is 3.09. The molecule has 0 amide bonds. The van der Waals surface area contributed by atoms with Crippen LogP contribution in [0.15, 0.2) is 15.1 Å². The molecular weight excluding hydrogens is 312 g/mol. The van der Waals surface area contributed by atoms with Gasteiger partial charge >= 0.3 is 0 Å². The Labute approximate surface area is 90.6 Å². The van der Waals surface area contributed by atoms with Gasteiger partial charge in [0.05, 0.1) is 11.6 Å². The van der Waals surface area contributed by atoms with E-state index in [0.717, 1.165) is 0 Å². The fraction of sp³-hybridized carbons (Fsp3) is 0.286. The molecular formula is C7H5Br2F2NO. The smallest absolute Gasteiger partial charge is 0.284 e. The van der Waals surface area contributed by atoms with Crippen LogP contribution in [0.5, 0.6) is 5.75 Å². The lowest BCUT2D eigenvalue weighted by molar-refractivity contribution is 0.141. The highest BCUT2D eigenvalue weighted by molar-refractivity contribution is 9.13. The van der Waals surface area contributed by atoms with Gasteiger partial charge < -0.3 is 4.74 Å². The van der Waals surface area contributed by atoms with Crippen molar-refractivity contribution >= 4 is 31.9 Å². The Kier molecular flexibility index (Phi) is 3.61. The molecule has 0 aliphatic heterocycles. The van der Waals surface area contributed by atoms with Gasteiger partial charge in [0.2, 0.25) is 0 Å². The molecule has 0 radical (unpaired) electrons. The maximum atomic E-state index is 12.3. The molecule has 0 saturated heterocycles. The average molecular weight is 317 g/mol. The second kappa shape index (κ2) is 4.32. The average Bonchev–Trinajstić information content (AvgIpc) is 2.08. The van der Waals surface area contributed by atoms with Crippen LogP contribution in [-0.2, 0) is 0 Å². The monoisotopic (exact) mass is 315 g/mol. The summed E-state index contributed by atoms with van der Waals surface area (Å²) in [6.45, 7) is 0. The van der Waals surface area contributed by atoms with E-state index in [-0.39, 0.29) is 11.4 Å². The van der Waals surface area contributed by atoms with Crippen LogP contribution in [0.1, 0.15) is 12.1 Å². The molecule has 13 heavy (non-hydrogen) atoms. The Morgan fingerprint density at radius 3 is 2.54 bits per heavy atom. The van der Waals surface area contributed by atoms with Crippen LogP contribution in [0.25, 0.3) is 0 Å². The van der Waals surface area contributed by atoms with E-state index < -0.39 is 6.43 Å². The van der Waals surface area contributed by atoms with Crippen molar-refractivity contribution in [1.29, 1.82) is 0 Å². The van der Waals surface area contributed by atoms with Crippen LogP contribution < -0.4 is 4.74 Å². The number of methoxy groups -OCH3 is 1. The largest absolute Gasteiger partial charge is 0.495 e. The zero-order valence-electron chi connectivity index (χ0n) is 6.52. The lowest BCUT2D eigenvalue weighted by atomic mass is 10.3. The quantitative estimate of drug-likeness (QED) is 0.778. The van der Waals surface area contributed by atoms with E-state index in [1.807, 2.05) is 0 Å². The van der Waals surface area contributed by atoms with Gasteiger partial charge in [-0.3, -0.25) is 0 Å². The van der Waals surface area contributed by atoms with Crippen molar-refractivity contribution in [3.63, 3.8) is 0 Å². The first-order valence-electron chi connectivity index (χ1n) is 3.24. The molecule has 0 fully saturated rings. The zero-order valence-corrected chi connectivity index (χ0v) is 9.69. The SMILES string of the molecule is COc1cc(Br)c(Br)nc1C(F)F. The number of pyridine rings is 1. The highest BCUT2D eigenvalue weighted by Crippen LogP contribution is 2.33. The van der Waals surface area contributed by atoms with Gasteiger partial charge in [-0.25, -0.2) is 13.8 Å². The highest BCUT2D eigenvalue weighted by atomic mass is 79.9. The molecule has 2 nitrogen and oxygen atoms in total. The number of halogens is 4. The van der Waals surface area contributed by atoms with Gasteiger partial charge in [0.25, 0.3) is 6.43 Å². The van der Waals surface area contributed by atoms with E-state index in [1.165, 1.54) is 13.2 Å². The van der Waals surface area contributed by atoms with Gasteiger partial charge in [0.1, 0.15) is 16.0 Å². The summed E-state index contributed by atoms with van der Waals surface area (Å²) in [5.74, 6) is 0.0741. The summed E-state index contributed by atoms with van der Waals surface area (Å²) in [6, 6.07) is 1.44. The first-order valence-corrected chi connectivity index (χ1v) is 4.83. The summed E-state index contributed by atoms with van der Waals surface area (Å²) >= 11 is 6.17. The number of hydrogen-bond acceptors (Lipinski definition) is 2. The van der Waals surface area contributed by atoms with Gasteiger partial charge in [-0.2, -0.15) is 0 Å². The predicted molar refractivity (Wildman–Crippen MR) is 51.1 cm³/mol. The Hall–Kier alpha value is -0.230. The number of rotatable bonds is 2. The summed E-state index contributed by atoms with van der Waals surface area (Å²) in [6.07, 6.45) is -2.64. The lowest BCUT2D eigenvalue weighted by Gasteiger charge is -2.07. The van der Waals surface area contributed by atoms with E-state index in [2.05, 4.69) is 36.8 Å². The summed E-state index contributed by atoms with van der Waals surface area (Å²) in [5, 5.41) is 0. The number of alkyl halides is 2. The van der Waals surface area contributed by atoms with Crippen molar-refractivity contribution < 1.29 is 13.5 Å². The minimum absolute atomic E-state index is 0.0741. The summed E-state index contributed by atoms with van der Waals surface area (Å²) in [4.78, 5) is 3.64. The molecule has 0 bridgehead atoms. The van der Waals surface area contributed by atoms with Crippen LogP contribution in [0, 0.1) is 0 Å². The van der Waals surface area contributed by atoms with Crippen molar-refractivity contribution in [2.45, 2.75) is 6.43 Å². The van der Waals surface area contributed by atoms with Crippen LogP contribution in [0.2, 0.25) is 0 Å². The van der Waals surface area contributed by atoms with Gasteiger partial charge in [-0.15, -0.1) is 0 Å². The predicted octanol–water partition coefficient (Wildman–Crippen LogP) is 3.55. The third kappa shape index (κ3) is 2.37. The minimum atomic E-state index is -2.64. The van der Waals surface area contributed by atoms with Gasteiger partial charge in [-0.1, -0.05) is 0 Å². The third-order valence-electron chi connectivity index (χ3n) is 1.35. The second-order valence-electron chi connectivity index (χ2n) is 2.15. The molecule has 0 spiro atoms. The molecule has 0 unspecified atom stereocenters. The fourth-order valence-corrected chi connectivity index (χ4v) is 1.38. The molecule has 1 rings (SSSR count).